The van der Waals surface area contributed by atoms with Gasteiger partial charge in [0.25, 0.3) is 0 Å². The Hall–Kier alpha value is -2.17. The van der Waals surface area contributed by atoms with Crippen molar-refractivity contribution in [2.24, 2.45) is 0 Å². The van der Waals surface area contributed by atoms with Gasteiger partial charge in [-0.1, -0.05) is 54.6 Å². The van der Waals surface area contributed by atoms with Gasteiger partial charge in [0.2, 0.25) is 5.91 Å². The van der Waals surface area contributed by atoms with Crippen LogP contribution in [0.3, 0.4) is 0 Å². The number of fused-ring (bicyclic) bond motifs is 1. The molecule has 126 valence electrons. The summed E-state index contributed by atoms with van der Waals surface area (Å²) in [6.45, 7) is 0.677. The maximum Gasteiger partial charge on any atom is 0.223 e. The predicted octanol–water partition coefficient (Wildman–Crippen LogP) is 2.93. The first-order chi connectivity index (χ1) is 11.8. The summed E-state index contributed by atoms with van der Waals surface area (Å²) in [7, 11) is 0. The van der Waals surface area contributed by atoms with Crippen LogP contribution in [0.2, 0.25) is 0 Å². The standard InChI is InChI=1S/C20H23NO3/c22-12-10-18(16-7-2-1-3-8-16)21-20(23)14-19-17-9-5-4-6-15(17)11-13-24-19/h1-9,18-19,22H,10-14H2,(H,21,23). The smallest absolute Gasteiger partial charge is 0.223 e. The molecule has 4 heteroatoms. The summed E-state index contributed by atoms with van der Waals surface area (Å²) in [5.41, 5.74) is 3.37. The molecule has 0 saturated carbocycles. The Bertz CT molecular complexity index is 672. The van der Waals surface area contributed by atoms with Gasteiger partial charge >= 0.3 is 0 Å². The van der Waals surface area contributed by atoms with Crippen LogP contribution in [-0.4, -0.2) is 24.2 Å². The van der Waals surface area contributed by atoms with Crippen molar-refractivity contribution in [2.75, 3.05) is 13.2 Å². The zero-order chi connectivity index (χ0) is 16.8. The predicted molar refractivity (Wildman–Crippen MR) is 92.5 cm³/mol. The van der Waals surface area contributed by atoms with E-state index in [4.69, 9.17) is 4.74 Å². The van der Waals surface area contributed by atoms with Gasteiger partial charge in [0.15, 0.2) is 0 Å². The third-order valence-electron chi connectivity index (χ3n) is 4.42. The molecular formula is C20H23NO3. The van der Waals surface area contributed by atoms with Gasteiger partial charge in [-0.05, 0) is 29.5 Å². The molecule has 1 amide bonds. The van der Waals surface area contributed by atoms with E-state index in [-0.39, 0.29) is 24.7 Å². The van der Waals surface area contributed by atoms with E-state index >= 15 is 0 Å². The van der Waals surface area contributed by atoms with Crippen LogP contribution in [0.25, 0.3) is 0 Å². The molecule has 2 aromatic rings. The molecule has 4 nitrogen and oxygen atoms in total. The van der Waals surface area contributed by atoms with E-state index in [1.165, 1.54) is 5.56 Å². The molecule has 0 saturated heterocycles. The van der Waals surface area contributed by atoms with Gasteiger partial charge in [-0.25, -0.2) is 0 Å². The lowest BCUT2D eigenvalue weighted by molar-refractivity contribution is -0.125. The van der Waals surface area contributed by atoms with E-state index in [9.17, 15) is 9.90 Å². The maximum atomic E-state index is 12.5. The molecule has 3 rings (SSSR count). The van der Waals surface area contributed by atoms with Crippen molar-refractivity contribution in [3.8, 4) is 0 Å². The first-order valence-electron chi connectivity index (χ1n) is 8.42. The number of hydrogen-bond acceptors (Lipinski definition) is 3. The number of rotatable bonds is 6. The lowest BCUT2D eigenvalue weighted by Crippen LogP contribution is -2.31. The first kappa shape index (κ1) is 16.7. The van der Waals surface area contributed by atoms with Gasteiger partial charge < -0.3 is 15.2 Å². The van der Waals surface area contributed by atoms with Crippen molar-refractivity contribution in [1.82, 2.24) is 5.32 Å². The monoisotopic (exact) mass is 325 g/mol. The van der Waals surface area contributed by atoms with Crippen molar-refractivity contribution in [2.45, 2.75) is 31.4 Å². The van der Waals surface area contributed by atoms with Crippen molar-refractivity contribution in [3.05, 3.63) is 71.3 Å². The van der Waals surface area contributed by atoms with Gasteiger partial charge in [-0.3, -0.25) is 4.79 Å². The van der Waals surface area contributed by atoms with E-state index in [1.54, 1.807) is 0 Å². The zero-order valence-corrected chi connectivity index (χ0v) is 13.7. The van der Waals surface area contributed by atoms with Crippen LogP contribution >= 0.6 is 0 Å². The molecule has 2 N–H and O–H groups in total. The number of benzene rings is 2. The molecular weight excluding hydrogens is 302 g/mol. The van der Waals surface area contributed by atoms with Crippen LogP contribution in [0, 0.1) is 0 Å². The fourth-order valence-corrected chi connectivity index (χ4v) is 3.20. The molecule has 2 aromatic carbocycles. The van der Waals surface area contributed by atoms with Crippen LogP contribution in [0.1, 0.15) is 41.7 Å². The van der Waals surface area contributed by atoms with E-state index in [0.29, 0.717) is 19.4 Å². The minimum Gasteiger partial charge on any atom is -0.396 e. The highest BCUT2D eigenvalue weighted by Gasteiger charge is 2.24. The van der Waals surface area contributed by atoms with Gasteiger partial charge in [-0.2, -0.15) is 0 Å². The minimum absolute atomic E-state index is 0.0304. The number of nitrogens with one attached hydrogen (secondary N) is 1. The Morgan fingerprint density at radius 2 is 1.92 bits per heavy atom. The van der Waals surface area contributed by atoms with Gasteiger partial charge in [0.05, 0.1) is 25.2 Å². The first-order valence-corrected chi connectivity index (χ1v) is 8.42. The quantitative estimate of drug-likeness (QED) is 0.858. The van der Waals surface area contributed by atoms with Crippen LogP contribution in [0.5, 0.6) is 0 Å². The second-order valence-electron chi connectivity index (χ2n) is 6.06. The Labute approximate surface area is 142 Å². The molecule has 0 aromatic heterocycles. The third kappa shape index (κ3) is 4.02. The van der Waals surface area contributed by atoms with Crippen molar-refractivity contribution in [1.29, 1.82) is 0 Å². The minimum atomic E-state index is -0.194. The Kier molecular flexibility index (Phi) is 5.62. The molecule has 0 fully saturated rings. The second-order valence-corrected chi connectivity index (χ2v) is 6.06. The van der Waals surface area contributed by atoms with Gasteiger partial charge in [0, 0.05) is 6.61 Å². The maximum absolute atomic E-state index is 12.5. The van der Waals surface area contributed by atoms with Crippen molar-refractivity contribution in [3.63, 3.8) is 0 Å². The lowest BCUT2D eigenvalue weighted by Gasteiger charge is -2.26. The normalized spacial score (nSPS) is 17.8. The summed E-state index contributed by atoms with van der Waals surface area (Å²) in [6, 6.07) is 17.7. The third-order valence-corrected chi connectivity index (χ3v) is 4.42. The van der Waals surface area contributed by atoms with Gasteiger partial charge in [0.1, 0.15) is 0 Å². The van der Waals surface area contributed by atoms with Crippen LogP contribution in [0.4, 0.5) is 0 Å². The fraction of sp³-hybridized carbons (Fsp3) is 0.350. The van der Waals surface area contributed by atoms with Gasteiger partial charge in [-0.15, -0.1) is 0 Å². The number of amides is 1. The SMILES string of the molecule is O=C(CC1OCCc2ccccc21)NC(CCO)c1ccccc1. The molecule has 0 aliphatic carbocycles. The van der Waals surface area contributed by atoms with Crippen LogP contribution < -0.4 is 5.32 Å². The molecule has 1 heterocycles. The molecule has 2 unspecified atom stereocenters. The lowest BCUT2D eigenvalue weighted by atomic mass is 9.95. The summed E-state index contributed by atoms with van der Waals surface area (Å²) < 4.78 is 5.81. The number of carbonyl (C=O) groups excluding carboxylic acids is 1. The molecule has 1 aliphatic heterocycles. The number of ether oxygens (including phenoxy) is 1. The van der Waals surface area contributed by atoms with E-state index in [2.05, 4.69) is 11.4 Å². The largest absolute Gasteiger partial charge is 0.396 e. The molecule has 0 bridgehead atoms. The molecule has 0 spiro atoms. The number of aliphatic hydroxyl groups excluding tert-OH is 1. The second kappa shape index (κ2) is 8.08. The number of carbonyl (C=O) groups is 1. The van der Waals surface area contributed by atoms with Crippen LogP contribution in [-0.2, 0) is 16.0 Å². The van der Waals surface area contributed by atoms with E-state index < -0.39 is 0 Å². The Balaban J connectivity index is 1.67. The average molecular weight is 325 g/mol. The topological polar surface area (TPSA) is 58.6 Å². The molecule has 24 heavy (non-hydrogen) atoms. The average Bonchev–Trinajstić information content (AvgIpc) is 2.62. The summed E-state index contributed by atoms with van der Waals surface area (Å²) in [5.74, 6) is -0.0565. The summed E-state index contributed by atoms with van der Waals surface area (Å²) >= 11 is 0. The fourth-order valence-electron chi connectivity index (χ4n) is 3.20. The highest BCUT2D eigenvalue weighted by molar-refractivity contribution is 5.77. The summed E-state index contributed by atoms with van der Waals surface area (Å²) in [4.78, 5) is 12.5. The van der Waals surface area contributed by atoms with E-state index in [1.807, 2.05) is 48.5 Å². The highest BCUT2D eigenvalue weighted by Crippen LogP contribution is 2.29. The van der Waals surface area contributed by atoms with Crippen molar-refractivity contribution >= 4 is 5.91 Å². The number of aliphatic hydroxyl groups is 1. The summed E-state index contributed by atoms with van der Waals surface area (Å²) in [6.07, 6.45) is 1.50. The van der Waals surface area contributed by atoms with E-state index in [0.717, 1.165) is 17.5 Å². The zero-order valence-electron chi connectivity index (χ0n) is 13.7. The number of hydrogen-bond donors (Lipinski definition) is 2. The Morgan fingerprint density at radius 1 is 1.17 bits per heavy atom. The van der Waals surface area contributed by atoms with Crippen molar-refractivity contribution < 1.29 is 14.6 Å². The molecule has 0 radical (unpaired) electrons. The van der Waals surface area contributed by atoms with Crippen LogP contribution in [0.15, 0.2) is 54.6 Å². The Morgan fingerprint density at radius 3 is 2.71 bits per heavy atom. The molecule has 2 atom stereocenters. The highest BCUT2D eigenvalue weighted by atomic mass is 16.5. The molecule has 1 aliphatic rings. The summed E-state index contributed by atoms with van der Waals surface area (Å²) in [5, 5.41) is 12.3.